The Bertz CT molecular complexity index is 946. The third-order valence-electron chi connectivity index (χ3n) is 5.52. The zero-order valence-electron chi connectivity index (χ0n) is 16.1. The summed E-state index contributed by atoms with van der Waals surface area (Å²) in [5.41, 5.74) is 2.92. The highest BCUT2D eigenvalue weighted by atomic mass is 19.1. The molecule has 0 radical (unpaired) electrons. The second-order valence-corrected chi connectivity index (χ2v) is 7.72. The highest BCUT2D eigenvalue weighted by Crippen LogP contribution is 2.25. The van der Waals surface area contributed by atoms with Crippen molar-refractivity contribution in [2.75, 3.05) is 19.6 Å². The largest absolute Gasteiger partial charge is 0.300 e. The average molecular weight is 380 g/mol. The zero-order valence-corrected chi connectivity index (χ0v) is 16.1. The number of ketones is 1. The molecule has 5 nitrogen and oxygen atoms in total. The number of Topliss-reactive ketones (excluding diaryl/α,β-unsaturated/α-hetero) is 1. The molecule has 1 N–H and O–H groups in total. The summed E-state index contributed by atoms with van der Waals surface area (Å²) < 4.78 is 13.2. The molecule has 0 spiro atoms. The molecular formula is C22H25FN4O. The van der Waals surface area contributed by atoms with Gasteiger partial charge in [0.05, 0.1) is 6.20 Å². The van der Waals surface area contributed by atoms with Crippen LogP contribution in [0.2, 0.25) is 0 Å². The van der Waals surface area contributed by atoms with Gasteiger partial charge in [0.25, 0.3) is 0 Å². The minimum absolute atomic E-state index is 0.0564. The number of carbonyl (C=O) groups excluding carboxylic acids is 1. The predicted octanol–water partition coefficient (Wildman–Crippen LogP) is 3.81. The van der Waals surface area contributed by atoms with Crippen molar-refractivity contribution in [2.45, 2.75) is 32.4 Å². The van der Waals surface area contributed by atoms with E-state index in [4.69, 9.17) is 0 Å². The molecule has 3 aromatic rings. The number of fused-ring (bicyclic) bond motifs is 1. The SMILES string of the molecule is C[C@H](F)CN1CCC(C(=O)Cc2cc3cc(-c4cn[nH]c4)ccc3cn2)CC1. The Morgan fingerprint density at radius 1 is 1.21 bits per heavy atom. The number of piperidine rings is 1. The Morgan fingerprint density at radius 3 is 2.75 bits per heavy atom. The van der Waals surface area contributed by atoms with Gasteiger partial charge in [0.2, 0.25) is 0 Å². The lowest BCUT2D eigenvalue weighted by atomic mass is 9.90. The first kappa shape index (κ1) is 18.7. The van der Waals surface area contributed by atoms with E-state index in [9.17, 15) is 9.18 Å². The van der Waals surface area contributed by atoms with Crippen molar-refractivity contribution in [1.29, 1.82) is 0 Å². The second kappa shape index (κ2) is 8.19. The molecular weight excluding hydrogens is 355 g/mol. The molecule has 0 bridgehead atoms. The van der Waals surface area contributed by atoms with E-state index < -0.39 is 6.17 Å². The van der Waals surface area contributed by atoms with Gasteiger partial charge < -0.3 is 4.90 Å². The van der Waals surface area contributed by atoms with E-state index in [1.807, 2.05) is 30.6 Å². The molecule has 1 aliphatic rings. The maximum atomic E-state index is 13.2. The molecule has 28 heavy (non-hydrogen) atoms. The van der Waals surface area contributed by atoms with Crippen LogP contribution in [0.15, 0.2) is 42.9 Å². The van der Waals surface area contributed by atoms with Gasteiger partial charge in [-0.2, -0.15) is 5.10 Å². The van der Waals surface area contributed by atoms with Crippen LogP contribution in [0.3, 0.4) is 0 Å². The van der Waals surface area contributed by atoms with Gasteiger partial charge in [-0.1, -0.05) is 12.1 Å². The van der Waals surface area contributed by atoms with Crippen molar-refractivity contribution in [2.24, 2.45) is 5.92 Å². The second-order valence-electron chi connectivity index (χ2n) is 7.72. The van der Waals surface area contributed by atoms with Crippen LogP contribution in [0.5, 0.6) is 0 Å². The van der Waals surface area contributed by atoms with Crippen LogP contribution < -0.4 is 0 Å². The highest BCUT2D eigenvalue weighted by molar-refractivity contribution is 5.88. The molecule has 0 saturated carbocycles. The third kappa shape index (κ3) is 4.28. The van der Waals surface area contributed by atoms with Crippen molar-refractivity contribution in [3.63, 3.8) is 0 Å². The first-order valence-corrected chi connectivity index (χ1v) is 9.85. The summed E-state index contributed by atoms with van der Waals surface area (Å²) in [6.07, 6.45) is 6.65. The summed E-state index contributed by atoms with van der Waals surface area (Å²) in [6, 6.07) is 8.20. The summed E-state index contributed by atoms with van der Waals surface area (Å²) in [7, 11) is 0. The lowest BCUT2D eigenvalue weighted by molar-refractivity contribution is -0.123. The lowest BCUT2D eigenvalue weighted by Gasteiger charge is -2.31. The molecule has 146 valence electrons. The average Bonchev–Trinajstić information content (AvgIpc) is 3.22. The molecule has 6 heteroatoms. The number of carbonyl (C=O) groups is 1. The van der Waals surface area contributed by atoms with E-state index in [1.54, 1.807) is 13.1 Å². The van der Waals surface area contributed by atoms with Crippen LogP contribution in [-0.2, 0) is 11.2 Å². The maximum absolute atomic E-state index is 13.2. The highest BCUT2D eigenvalue weighted by Gasteiger charge is 2.25. The Morgan fingerprint density at radius 2 is 2.04 bits per heavy atom. The van der Waals surface area contributed by atoms with Gasteiger partial charge in [0.15, 0.2) is 0 Å². The minimum atomic E-state index is -0.819. The molecule has 0 amide bonds. The third-order valence-corrected chi connectivity index (χ3v) is 5.52. The fourth-order valence-corrected chi connectivity index (χ4v) is 3.99. The van der Waals surface area contributed by atoms with Gasteiger partial charge in [0, 0.05) is 47.9 Å². The molecule has 1 aromatic carbocycles. The van der Waals surface area contributed by atoms with Gasteiger partial charge in [0.1, 0.15) is 12.0 Å². The lowest BCUT2D eigenvalue weighted by Crippen LogP contribution is -2.39. The van der Waals surface area contributed by atoms with Crippen LogP contribution in [0.4, 0.5) is 4.39 Å². The number of aromatic amines is 1. The van der Waals surface area contributed by atoms with E-state index in [1.165, 1.54) is 0 Å². The van der Waals surface area contributed by atoms with Crippen molar-refractivity contribution in [3.05, 3.63) is 48.5 Å². The number of hydrogen-bond donors (Lipinski definition) is 1. The number of nitrogens with zero attached hydrogens (tertiary/aromatic N) is 3. The zero-order chi connectivity index (χ0) is 19.5. The summed E-state index contributed by atoms with van der Waals surface area (Å²) in [5.74, 6) is 0.298. The maximum Gasteiger partial charge on any atom is 0.142 e. The fraction of sp³-hybridized carbons (Fsp3) is 0.409. The van der Waals surface area contributed by atoms with Crippen LogP contribution >= 0.6 is 0 Å². The molecule has 3 heterocycles. The standard InChI is InChI=1S/C22H25FN4O/c1-15(23)14-27-6-4-16(5-7-27)22(28)10-21-9-19-8-17(20-12-25-26-13-20)2-3-18(19)11-24-21/h2-3,8-9,11-13,15-16H,4-7,10,14H2,1H3,(H,25,26)/t15-/m0/s1. The van der Waals surface area contributed by atoms with Crippen LogP contribution in [0.25, 0.3) is 21.9 Å². The summed E-state index contributed by atoms with van der Waals surface area (Å²) in [4.78, 5) is 19.3. The number of halogens is 1. The molecule has 1 fully saturated rings. The number of hydrogen-bond acceptors (Lipinski definition) is 4. The molecule has 0 aliphatic carbocycles. The van der Waals surface area contributed by atoms with Crippen molar-refractivity contribution < 1.29 is 9.18 Å². The van der Waals surface area contributed by atoms with Gasteiger partial charge in [-0.05, 0) is 55.9 Å². The van der Waals surface area contributed by atoms with E-state index in [0.29, 0.717) is 13.0 Å². The number of nitrogens with one attached hydrogen (secondary N) is 1. The molecule has 2 aromatic heterocycles. The number of alkyl halides is 1. The number of likely N-dealkylation sites (tertiary alicyclic amines) is 1. The first-order chi connectivity index (χ1) is 13.6. The molecule has 1 saturated heterocycles. The first-order valence-electron chi connectivity index (χ1n) is 9.85. The Kier molecular flexibility index (Phi) is 5.48. The summed E-state index contributed by atoms with van der Waals surface area (Å²) >= 11 is 0. The topological polar surface area (TPSA) is 61.9 Å². The fourth-order valence-electron chi connectivity index (χ4n) is 3.99. The Balaban J connectivity index is 1.43. The van der Waals surface area contributed by atoms with Gasteiger partial charge >= 0.3 is 0 Å². The van der Waals surface area contributed by atoms with Crippen LogP contribution in [0, 0.1) is 5.92 Å². The Labute approximate surface area is 164 Å². The molecule has 1 atom stereocenters. The van der Waals surface area contributed by atoms with Gasteiger partial charge in [-0.3, -0.25) is 14.9 Å². The van der Waals surface area contributed by atoms with E-state index in [-0.39, 0.29) is 11.7 Å². The number of H-pyrrole nitrogens is 1. The molecule has 4 rings (SSSR count). The number of rotatable bonds is 6. The van der Waals surface area contributed by atoms with Crippen molar-refractivity contribution >= 4 is 16.6 Å². The number of benzene rings is 1. The quantitative estimate of drug-likeness (QED) is 0.706. The Hall–Kier alpha value is -2.60. The molecule has 1 aliphatic heterocycles. The van der Waals surface area contributed by atoms with Gasteiger partial charge in [-0.15, -0.1) is 0 Å². The number of aromatic nitrogens is 3. The van der Waals surface area contributed by atoms with Crippen molar-refractivity contribution in [3.8, 4) is 11.1 Å². The minimum Gasteiger partial charge on any atom is -0.300 e. The van der Waals surface area contributed by atoms with Crippen LogP contribution in [-0.4, -0.2) is 51.7 Å². The summed E-state index contributed by atoms with van der Waals surface area (Å²) in [6.45, 7) is 3.64. The van der Waals surface area contributed by atoms with Gasteiger partial charge in [-0.25, -0.2) is 4.39 Å². The molecule has 0 unspecified atom stereocenters. The normalized spacial score (nSPS) is 17.1. The monoisotopic (exact) mass is 380 g/mol. The summed E-state index contributed by atoms with van der Waals surface area (Å²) in [5, 5.41) is 8.96. The van der Waals surface area contributed by atoms with E-state index in [2.05, 4.69) is 26.1 Å². The van der Waals surface area contributed by atoms with E-state index in [0.717, 1.165) is 53.5 Å². The smallest absolute Gasteiger partial charge is 0.142 e. The van der Waals surface area contributed by atoms with Crippen LogP contribution in [0.1, 0.15) is 25.5 Å². The van der Waals surface area contributed by atoms with E-state index >= 15 is 0 Å². The van der Waals surface area contributed by atoms with Crippen molar-refractivity contribution in [1.82, 2.24) is 20.1 Å². The predicted molar refractivity (Wildman–Crippen MR) is 108 cm³/mol. The number of pyridine rings is 1.